The number of hydrogen-bond donors (Lipinski definition) is 1. The lowest BCUT2D eigenvalue weighted by atomic mass is 9.85. The Morgan fingerprint density at radius 2 is 1.75 bits per heavy atom. The SMILES string of the molecule is O=C(N[C@H]1CC[C@H](Cn2c(=O)n(-c3cccc4cccnc34)c3ccccc32)CC1)c1cc(Cl)cnc1C(F)F. The zero-order chi connectivity index (χ0) is 27.8. The van der Waals surface area contributed by atoms with Crippen molar-refractivity contribution in [2.24, 2.45) is 5.92 Å². The number of carbonyl (C=O) groups excluding carboxylic acids is 1. The molecule has 0 radical (unpaired) electrons. The molecular weight excluding hydrogens is 536 g/mol. The predicted octanol–water partition coefficient (Wildman–Crippen LogP) is 6.32. The summed E-state index contributed by atoms with van der Waals surface area (Å²) in [5, 5.41) is 3.96. The molecule has 1 aliphatic rings. The summed E-state index contributed by atoms with van der Waals surface area (Å²) in [4.78, 5) is 34.8. The number of benzene rings is 2. The van der Waals surface area contributed by atoms with Crippen molar-refractivity contribution in [1.29, 1.82) is 0 Å². The van der Waals surface area contributed by atoms with Crippen molar-refractivity contribution in [2.75, 3.05) is 0 Å². The van der Waals surface area contributed by atoms with E-state index in [1.807, 2.05) is 59.2 Å². The number of imidazole rings is 1. The molecule has 10 heteroatoms. The second-order valence-corrected chi connectivity index (χ2v) is 10.6. The largest absolute Gasteiger partial charge is 0.349 e. The first kappa shape index (κ1) is 26.1. The van der Waals surface area contributed by atoms with Gasteiger partial charge in [0.25, 0.3) is 12.3 Å². The van der Waals surface area contributed by atoms with Crippen molar-refractivity contribution in [2.45, 2.75) is 44.7 Å². The summed E-state index contributed by atoms with van der Waals surface area (Å²) in [7, 11) is 0. The summed E-state index contributed by atoms with van der Waals surface area (Å²) in [5.74, 6) is -0.378. The Morgan fingerprint density at radius 3 is 2.52 bits per heavy atom. The summed E-state index contributed by atoms with van der Waals surface area (Å²) in [6.07, 6.45) is 2.87. The second kappa shape index (κ2) is 10.8. The topological polar surface area (TPSA) is 81.8 Å². The van der Waals surface area contributed by atoms with E-state index >= 15 is 0 Å². The van der Waals surface area contributed by atoms with Gasteiger partial charge in [0.15, 0.2) is 0 Å². The third-order valence-corrected chi connectivity index (χ3v) is 7.85. The van der Waals surface area contributed by atoms with Gasteiger partial charge in [0.2, 0.25) is 0 Å². The molecule has 5 aromatic rings. The first-order chi connectivity index (χ1) is 19.4. The van der Waals surface area contributed by atoms with Crippen LogP contribution >= 0.6 is 11.6 Å². The number of para-hydroxylation sites is 3. The van der Waals surface area contributed by atoms with E-state index in [4.69, 9.17) is 11.6 Å². The number of rotatable bonds is 6. The molecule has 0 bridgehead atoms. The Labute approximate surface area is 233 Å². The van der Waals surface area contributed by atoms with Gasteiger partial charge >= 0.3 is 5.69 Å². The van der Waals surface area contributed by atoms with Crippen molar-refractivity contribution in [1.82, 2.24) is 24.4 Å². The molecule has 1 saturated carbocycles. The maximum atomic E-state index is 13.9. The number of nitrogens with one attached hydrogen (secondary N) is 1. The van der Waals surface area contributed by atoms with E-state index in [0.29, 0.717) is 19.4 Å². The van der Waals surface area contributed by atoms with Gasteiger partial charge in [-0.3, -0.25) is 23.9 Å². The second-order valence-electron chi connectivity index (χ2n) is 10.1. The molecule has 3 heterocycles. The molecule has 1 fully saturated rings. The number of nitrogens with zero attached hydrogens (tertiary/aromatic N) is 4. The fraction of sp³-hybridized carbons (Fsp3) is 0.267. The molecule has 7 nitrogen and oxygen atoms in total. The Hall–Kier alpha value is -4.11. The van der Waals surface area contributed by atoms with Crippen molar-refractivity contribution >= 4 is 39.4 Å². The number of fused-ring (bicyclic) bond motifs is 2. The van der Waals surface area contributed by atoms with Crippen LogP contribution in [-0.4, -0.2) is 31.1 Å². The highest BCUT2D eigenvalue weighted by Crippen LogP contribution is 2.29. The summed E-state index contributed by atoms with van der Waals surface area (Å²) in [6.45, 7) is 0.541. The number of amides is 1. The first-order valence-electron chi connectivity index (χ1n) is 13.2. The van der Waals surface area contributed by atoms with E-state index in [1.165, 1.54) is 6.07 Å². The first-order valence-corrected chi connectivity index (χ1v) is 13.6. The quantitative estimate of drug-likeness (QED) is 0.263. The average Bonchev–Trinajstić information content (AvgIpc) is 3.24. The standard InChI is InChI=1S/C30H26ClF2N5O2/c31-20-15-22(27(28(32)33)35-16-20)29(39)36-21-12-10-18(11-13-21)17-37-23-7-1-2-8-24(23)38(30(37)40)25-9-3-5-19-6-4-14-34-26(19)25/h1-9,14-16,18,21,28H,10-13,17H2,(H,36,39)/t18-,21-. The van der Waals surface area contributed by atoms with Gasteiger partial charge < -0.3 is 5.32 Å². The highest BCUT2D eigenvalue weighted by atomic mass is 35.5. The van der Waals surface area contributed by atoms with Gasteiger partial charge in [0, 0.05) is 30.4 Å². The zero-order valence-corrected chi connectivity index (χ0v) is 22.2. The van der Waals surface area contributed by atoms with E-state index < -0.39 is 18.0 Å². The fourth-order valence-electron chi connectivity index (χ4n) is 5.70. The highest BCUT2D eigenvalue weighted by molar-refractivity contribution is 6.30. The van der Waals surface area contributed by atoms with Gasteiger partial charge in [-0.25, -0.2) is 13.6 Å². The van der Waals surface area contributed by atoms with Crippen LogP contribution in [0.1, 0.15) is 48.2 Å². The molecule has 3 aromatic heterocycles. The van der Waals surface area contributed by atoms with Crippen LogP contribution in [0.15, 0.2) is 77.9 Å². The molecule has 204 valence electrons. The van der Waals surface area contributed by atoms with Gasteiger partial charge in [-0.1, -0.05) is 41.9 Å². The Morgan fingerprint density at radius 1 is 1.00 bits per heavy atom. The number of pyridine rings is 2. The van der Waals surface area contributed by atoms with Crippen LogP contribution in [0.2, 0.25) is 5.02 Å². The van der Waals surface area contributed by atoms with Crippen LogP contribution in [-0.2, 0) is 6.54 Å². The van der Waals surface area contributed by atoms with E-state index in [2.05, 4.69) is 15.3 Å². The maximum Gasteiger partial charge on any atom is 0.333 e. The van der Waals surface area contributed by atoms with Gasteiger partial charge in [0.05, 0.1) is 32.8 Å². The molecule has 0 saturated heterocycles. The molecule has 0 atom stereocenters. The molecular formula is C30H26ClF2N5O2. The van der Waals surface area contributed by atoms with Crippen LogP contribution in [0.25, 0.3) is 27.6 Å². The number of halogens is 3. The van der Waals surface area contributed by atoms with E-state index in [0.717, 1.165) is 46.7 Å². The summed E-state index contributed by atoms with van der Waals surface area (Å²) >= 11 is 5.91. The molecule has 0 spiro atoms. The summed E-state index contributed by atoms with van der Waals surface area (Å²) in [6, 6.07) is 18.5. The van der Waals surface area contributed by atoms with Crippen molar-refractivity contribution in [3.8, 4) is 5.69 Å². The highest BCUT2D eigenvalue weighted by Gasteiger charge is 2.27. The molecule has 1 amide bonds. The van der Waals surface area contributed by atoms with Crippen molar-refractivity contribution < 1.29 is 13.6 Å². The van der Waals surface area contributed by atoms with Crippen LogP contribution in [0.3, 0.4) is 0 Å². The normalized spacial score (nSPS) is 17.5. The van der Waals surface area contributed by atoms with Gasteiger partial charge in [-0.05, 0) is 61.9 Å². The molecule has 1 N–H and O–H groups in total. The Balaban J connectivity index is 1.21. The fourth-order valence-corrected chi connectivity index (χ4v) is 5.86. The predicted molar refractivity (Wildman–Crippen MR) is 150 cm³/mol. The number of carbonyl (C=O) groups is 1. The monoisotopic (exact) mass is 561 g/mol. The number of aromatic nitrogens is 4. The molecule has 2 aromatic carbocycles. The van der Waals surface area contributed by atoms with E-state index in [-0.39, 0.29) is 28.2 Å². The van der Waals surface area contributed by atoms with Gasteiger partial charge in [-0.15, -0.1) is 0 Å². The lowest BCUT2D eigenvalue weighted by Crippen LogP contribution is -2.39. The number of alkyl halides is 2. The van der Waals surface area contributed by atoms with Crippen LogP contribution < -0.4 is 11.0 Å². The van der Waals surface area contributed by atoms with Crippen molar-refractivity contribution in [3.05, 3.63) is 99.8 Å². The minimum Gasteiger partial charge on any atom is -0.349 e. The van der Waals surface area contributed by atoms with Crippen LogP contribution in [0, 0.1) is 5.92 Å². The smallest absolute Gasteiger partial charge is 0.333 e. The minimum absolute atomic E-state index is 0.122. The summed E-state index contributed by atoms with van der Waals surface area (Å²) < 4.78 is 30.3. The third kappa shape index (κ3) is 4.86. The van der Waals surface area contributed by atoms with Crippen LogP contribution in [0.5, 0.6) is 0 Å². The minimum atomic E-state index is -2.88. The van der Waals surface area contributed by atoms with E-state index in [1.54, 1.807) is 10.8 Å². The van der Waals surface area contributed by atoms with E-state index in [9.17, 15) is 18.4 Å². The lowest BCUT2D eigenvalue weighted by molar-refractivity contribution is 0.0904. The maximum absolute atomic E-state index is 13.9. The third-order valence-electron chi connectivity index (χ3n) is 7.65. The molecule has 0 unspecified atom stereocenters. The number of hydrogen-bond acceptors (Lipinski definition) is 4. The summed E-state index contributed by atoms with van der Waals surface area (Å²) in [5.41, 5.74) is 2.27. The molecule has 40 heavy (non-hydrogen) atoms. The Bertz CT molecular complexity index is 1770. The molecule has 1 aliphatic carbocycles. The lowest BCUT2D eigenvalue weighted by Gasteiger charge is -2.29. The Kier molecular flexibility index (Phi) is 7.06. The zero-order valence-electron chi connectivity index (χ0n) is 21.4. The van der Waals surface area contributed by atoms with Crippen molar-refractivity contribution in [3.63, 3.8) is 0 Å². The molecule has 0 aliphatic heterocycles. The average molecular weight is 562 g/mol. The van der Waals surface area contributed by atoms with Crippen LogP contribution in [0.4, 0.5) is 8.78 Å². The molecule has 6 rings (SSSR count). The van der Waals surface area contributed by atoms with Gasteiger partial charge in [-0.2, -0.15) is 0 Å². The van der Waals surface area contributed by atoms with Gasteiger partial charge in [0.1, 0.15) is 5.69 Å².